The predicted molar refractivity (Wildman–Crippen MR) is 99.6 cm³/mol. The van der Waals surface area contributed by atoms with Gasteiger partial charge in [-0.05, 0) is 19.1 Å². The number of anilines is 2. The number of para-hydroxylation sites is 1. The molecule has 3 aromatic rings. The Morgan fingerprint density at radius 1 is 1.17 bits per heavy atom. The first-order valence-electron chi connectivity index (χ1n) is 7.40. The maximum Gasteiger partial charge on any atom is 0.339 e. The highest BCUT2D eigenvalue weighted by atomic mass is 35.5. The Balaban J connectivity index is 2.00. The van der Waals surface area contributed by atoms with Gasteiger partial charge < -0.3 is 0 Å². The lowest BCUT2D eigenvalue weighted by Crippen LogP contribution is -2.35. The van der Waals surface area contributed by atoms with Crippen LogP contribution in [0.3, 0.4) is 0 Å². The fraction of sp³-hybridized carbons (Fsp3) is 0.105. The van der Waals surface area contributed by atoms with Crippen molar-refractivity contribution >= 4 is 33.8 Å². The second-order valence-electron chi connectivity index (χ2n) is 5.30. The summed E-state index contributed by atoms with van der Waals surface area (Å²) in [4.78, 5) is 0. The maximum atomic E-state index is 6.26. The van der Waals surface area contributed by atoms with Crippen LogP contribution < -0.4 is 9.88 Å². The predicted octanol–water partition coefficient (Wildman–Crippen LogP) is 5.59. The SMILES string of the molecule is C=CC[n+]1c(-c2ccc(C)cc2)csc1Nc1ccccc1Cl. The van der Waals surface area contributed by atoms with E-state index in [9.17, 15) is 0 Å². The van der Waals surface area contributed by atoms with Gasteiger partial charge in [0.1, 0.15) is 17.9 Å². The molecule has 1 N–H and O–H groups in total. The molecule has 116 valence electrons. The van der Waals surface area contributed by atoms with Crippen molar-refractivity contribution in [2.24, 2.45) is 0 Å². The van der Waals surface area contributed by atoms with Gasteiger partial charge in [-0.25, -0.2) is 9.88 Å². The van der Waals surface area contributed by atoms with Crippen LogP contribution in [0.25, 0.3) is 11.3 Å². The molecule has 0 atom stereocenters. The number of rotatable bonds is 5. The summed E-state index contributed by atoms with van der Waals surface area (Å²) in [7, 11) is 0. The number of thiazole rings is 1. The number of nitrogens with zero attached hydrogens (tertiary/aromatic N) is 1. The number of hydrogen-bond donors (Lipinski definition) is 1. The molecule has 0 saturated carbocycles. The zero-order valence-electron chi connectivity index (χ0n) is 12.9. The van der Waals surface area contributed by atoms with Crippen molar-refractivity contribution in [2.45, 2.75) is 13.5 Å². The monoisotopic (exact) mass is 341 g/mol. The van der Waals surface area contributed by atoms with E-state index in [0.29, 0.717) is 5.02 Å². The molecule has 0 fully saturated rings. The van der Waals surface area contributed by atoms with E-state index in [1.165, 1.54) is 16.8 Å². The molecule has 3 rings (SSSR count). The van der Waals surface area contributed by atoms with Gasteiger partial charge in [0.25, 0.3) is 0 Å². The summed E-state index contributed by atoms with van der Waals surface area (Å²) >= 11 is 7.92. The summed E-state index contributed by atoms with van der Waals surface area (Å²) in [5, 5.41) is 7.34. The van der Waals surface area contributed by atoms with Crippen molar-refractivity contribution in [3.63, 3.8) is 0 Å². The molecule has 0 saturated heterocycles. The summed E-state index contributed by atoms with van der Waals surface area (Å²) in [6.45, 7) is 6.71. The second-order valence-corrected chi connectivity index (χ2v) is 6.56. The zero-order chi connectivity index (χ0) is 16.2. The Kier molecular flexibility index (Phi) is 4.79. The van der Waals surface area contributed by atoms with Crippen LogP contribution in [-0.2, 0) is 6.54 Å². The van der Waals surface area contributed by atoms with Crippen LogP contribution in [0.2, 0.25) is 5.02 Å². The smallest absolute Gasteiger partial charge is 0.230 e. The average molecular weight is 342 g/mol. The highest BCUT2D eigenvalue weighted by molar-refractivity contribution is 7.13. The van der Waals surface area contributed by atoms with Gasteiger partial charge in [-0.1, -0.05) is 77.6 Å². The van der Waals surface area contributed by atoms with Crippen molar-refractivity contribution in [2.75, 3.05) is 5.32 Å². The molecular weight excluding hydrogens is 324 g/mol. The van der Waals surface area contributed by atoms with E-state index in [4.69, 9.17) is 11.6 Å². The molecule has 0 radical (unpaired) electrons. The molecule has 0 amide bonds. The molecule has 0 unspecified atom stereocenters. The molecule has 2 aromatic carbocycles. The third-order valence-electron chi connectivity index (χ3n) is 3.59. The number of aryl methyl sites for hydroxylation is 1. The molecule has 2 nitrogen and oxygen atoms in total. The van der Waals surface area contributed by atoms with Gasteiger partial charge in [-0.15, -0.1) is 0 Å². The van der Waals surface area contributed by atoms with E-state index in [1.54, 1.807) is 11.3 Å². The first kappa shape index (κ1) is 15.8. The summed E-state index contributed by atoms with van der Waals surface area (Å²) in [5.74, 6) is 0. The van der Waals surface area contributed by atoms with Crippen molar-refractivity contribution in [1.29, 1.82) is 0 Å². The summed E-state index contributed by atoms with van der Waals surface area (Å²) in [6, 6.07) is 16.3. The molecule has 1 aromatic heterocycles. The van der Waals surface area contributed by atoms with E-state index >= 15 is 0 Å². The third-order valence-corrected chi connectivity index (χ3v) is 4.81. The lowest BCUT2D eigenvalue weighted by molar-refractivity contribution is -0.657. The molecule has 0 aliphatic heterocycles. The molecular formula is C19H18ClN2S+. The number of aromatic nitrogens is 1. The Hall–Kier alpha value is -2.10. The van der Waals surface area contributed by atoms with E-state index in [0.717, 1.165) is 17.4 Å². The molecule has 0 aliphatic rings. The van der Waals surface area contributed by atoms with E-state index < -0.39 is 0 Å². The fourth-order valence-corrected chi connectivity index (χ4v) is 3.52. The van der Waals surface area contributed by atoms with Crippen molar-refractivity contribution in [1.82, 2.24) is 0 Å². The number of allylic oxidation sites excluding steroid dienone is 1. The van der Waals surface area contributed by atoms with Gasteiger partial charge in [0.2, 0.25) is 0 Å². The highest BCUT2D eigenvalue weighted by Crippen LogP contribution is 2.29. The quantitative estimate of drug-likeness (QED) is 0.472. The van der Waals surface area contributed by atoms with Gasteiger partial charge >= 0.3 is 5.13 Å². The van der Waals surface area contributed by atoms with Crippen molar-refractivity contribution in [3.8, 4) is 11.3 Å². The van der Waals surface area contributed by atoms with E-state index in [2.05, 4.69) is 53.0 Å². The van der Waals surface area contributed by atoms with Gasteiger partial charge in [0, 0.05) is 10.9 Å². The van der Waals surface area contributed by atoms with Crippen molar-refractivity contribution < 1.29 is 4.57 Å². The Morgan fingerprint density at radius 2 is 1.91 bits per heavy atom. The van der Waals surface area contributed by atoms with Crippen LogP contribution in [0, 0.1) is 6.92 Å². The Labute approximate surface area is 145 Å². The third kappa shape index (κ3) is 3.46. The number of nitrogens with one attached hydrogen (secondary N) is 1. The first-order valence-corrected chi connectivity index (χ1v) is 8.65. The maximum absolute atomic E-state index is 6.26. The zero-order valence-corrected chi connectivity index (χ0v) is 14.5. The molecule has 23 heavy (non-hydrogen) atoms. The van der Waals surface area contributed by atoms with E-state index in [-0.39, 0.29) is 0 Å². The van der Waals surface area contributed by atoms with Gasteiger partial charge in [0.15, 0.2) is 0 Å². The minimum atomic E-state index is 0.711. The lowest BCUT2D eigenvalue weighted by atomic mass is 10.1. The molecule has 4 heteroatoms. The van der Waals surface area contributed by atoms with Crippen LogP contribution in [-0.4, -0.2) is 0 Å². The molecule has 0 aliphatic carbocycles. The fourth-order valence-electron chi connectivity index (χ4n) is 2.38. The minimum Gasteiger partial charge on any atom is -0.230 e. The van der Waals surface area contributed by atoms with Gasteiger partial charge in [-0.3, -0.25) is 0 Å². The first-order chi connectivity index (χ1) is 11.2. The normalized spacial score (nSPS) is 10.5. The second kappa shape index (κ2) is 6.99. The van der Waals surface area contributed by atoms with Gasteiger partial charge in [0.05, 0.1) is 5.02 Å². The summed E-state index contributed by atoms with van der Waals surface area (Å²) < 4.78 is 2.21. The van der Waals surface area contributed by atoms with Crippen LogP contribution >= 0.6 is 22.9 Å². The summed E-state index contributed by atoms with van der Waals surface area (Å²) in [6.07, 6.45) is 1.90. The number of benzene rings is 2. The largest absolute Gasteiger partial charge is 0.339 e. The average Bonchev–Trinajstić information content (AvgIpc) is 2.94. The van der Waals surface area contributed by atoms with Crippen molar-refractivity contribution in [3.05, 3.63) is 77.2 Å². The lowest BCUT2D eigenvalue weighted by Gasteiger charge is -2.05. The van der Waals surface area contributed by atoms with Crippen LogP contribution in [0.15, 0.2) is 66.6 Å². The summed E-state index contributed by atoms with van der Waals surface area (Å²) in [5.41, 5.74) is 4.53. The number of hydrogen-bond acceptors (Lipinski definition) is 2. The molecule has 0 bridgehead atoms. The van der Waals surface area contributed by atoms with Crippen LogP contribution in [0.5, 0.6) is 0 Å². The Morgan fingerprint density at radius 3 is 2.61 bits per heavy atom. The highest BCUT2D eigenvalue weighted by Gasteiger charge is 2.19. The molecule has 1 heterocycles. The van der Waals surface area contributed by atoms with Gasteiger partial charge in [-0.2, -0.15) is 0 Å². The minimum absolute atomic E-state index is 0.711. The molecule has 0 spiro atoms. The van der Waals surface area contributed by atoms with Crippen LogP contribution in [0.1, 0.15) is 5.56 Å². The Bertz CT molecular complexity index is 822. The standard InChI is InChI=1S/C19H17ClN2S/c1-3-12-22-18(15-10-8-14(2)9-11-15)13-23-19(22)21-17-7-5-4-6-16(17)20/h3-11,13H,1,12H2,2H3/p+1. The number of halogens is 1. The van der Waals surface area contributed by atoms with E-state index in [1.807, 2.05) is 30.3 Å². The van der Waals surface area contributed by atoms with Crippen LogP contribution in [0.4, 0.5) is 10.8 Å². The topological polar surface area (TPSA) is 15.9 Å².